The number of sulfone groups is 1. The first-order valence-corrected chi connectivity index (χ1v) is 14.9. The van der Waals surface area contributed by atoms with Crippen molar-refractivity contribution in [1.29, 1.82) is 0 Å². The van der Waals surface area contributed by atoms with E-state index >= 15 is 8.78 Å². The van der Waals surface area contributed by atoms with Crippen LogP contribution in [0.5, 0.6) is 0 Å². The molecule has 2 fully saturated rings. The predicted molar refractivity (Wildman–Crippen MR) is 140 cm³/mol. The van der Waals surface area contributed by atoms with Gasteiger partial charge in [0.05, 0.1) is 28.7 Å². The fourth-order valence-corrected chi connectivity index (χ4v) is 7.34. The van der Waals surface area contributed by atoms with Crippen molar-refractivity contribution in [3.63, 3.8) is 0 Å². The van der Waals surface area contributed by atoms with E-state index in [0.717, 1.165) is 36.3 Å². The van der Waals surface area contributed by atoms with Crippen molar-refractivity contribution in [3.8, 4) is 0 Å². The zero-order valence-corrected chi connectivity index (χ0v) is 22.7. The number of hydrogen-bond acceptors (Lipinski definition) is 6. The molecule has 0 radical (unpaired) electrons. The number of aromatic nitrogens is 3. The molecule has 1 aromatic carbocycles. The zero-order chi connectivity index (χ0) is 27.2. The van der Waals surface area contributed by atoms with E-state index in [1.807, 2.05) is 0 Å². The summed E-state index contributed by atoms with van der Waals surface area (Å²) in [6, 6.07) is 8.22. The molecule has 6 rings (SSSR count). The smallest absolute Gasteiger partial charge is 0.270 e. The van der Waals surface area contributed by atoms with Gasteiger partial charge in [-0.1, -0.05) is 30.7 Å². The van der Waals surface area contributed by atoms with E-state index in [2.05, 4.69) is 27.2 Å². The van der Waals surface area contributed by atoms with Crippen LogP contribution in [0.1, 0.15) is 56.2 Å². The molecule has 3 aromatic rings. The number of benzene rings is 1. The lowest BCUT2D eigenvalue weighted by Gasteiger charge is -2.35. The van der Waals surface area contributed by atoms with Crippen molar-refractivity contribution in [1.82, 2.24) is 19.9 Å². The molecule has 3 atom stereocenters. The largest absolute Gasteiger partial charge is 0.353 e. The maximum atomic E-state index is 15.1. The topological polar surface area (TPSA) is 96.7 Å². The number of hydrogen-bond donors (Lipinski definition) is 1. The lowest BCUT2D eigenvalue weighted by atomic mass is 9.90. The molecule has 1 amide bonds. The van der Waals surface area contributed by atoms with E-state index in [0.29, 0.717) is 16.4 Å². The zero-order valence-electron chi connectivity index (χ0n) is 21.2. The molecule has 2 saturated carbocycles. The second kappa shape index (κ2) is 8.35. The molecule has 1 unspecified atom stereocenters. The molecule has 38 heavy (non-hydrogen) atoms. The molecule has 3 aliphatic rings. The number of carbonyl (C=O) groups is 1. The van der Waals surface area contributed by atoms with Crippen LogP contribution < -0.4 is 10.2 Å². The summed E-state index contributed by atoms with van der Waals surface area (Å²) in [4.78, 5) is 19.5. The first kappa shape index (κ1) is 25.5. The van der Waals surface area contributed by atoms with Crippen LogP contribution in [-0.4, -0.2) is 58.9 Å². The number of anilines is 2. The van der Waals surface area contributed by atoms with Gasteiger partial charge in [0, 0.05) is 36.5 Å². The Hall–Kier alpha value is -2.79. The highest BCUT2D eigenvalue weighted by atomic mass is 35.5. The van der Waals surface area contributed by atoms with Crippen LogP contribution in [0.4, 0.5) is 20.2 Å². The van der Waals surface area contributed by atoms with Crippen molar-refractivity contribution >= 4 is 44.4 Å². The highest BCUT2D eigenvalue weighted by Crippen LogP contribution is 2.71. The Bertz CT molecular complexity index is 1550. The fourth-order valence-electron chi connectivity index (χ4n) is 6.00. The SMILES string of the molecule is CC1CCN(c2ccc([C@H]3C(F)(F)[C@]3(C)C(=O)NC3CC(S(C)(=O)=O)C3)cc2)c2cnc3cc(Cl)nn3c21. The maximum absolute atomic E-state index is 15.1. The van der Waals surface area contributed by atoms with Gasteiger partial charge in [-0.2, -0.15) is 5.10 Å². The summed E-state index contributed by atoms with van der Waals surface area (Å²) in [5, 5.41) is 6.88. The Labute approximate surface area is 224 Å². The molecule has 1 N–H and O–H groups in total. The molecule has 0 bridgehead atoms. The highest BCUT2D eigenvalue weighted by Gasteiger charge is 2.82. The van der Waals surface area contributed by atoms with Gasteiger partial charge in [-0.15, -0.1) is 0 Å². The maximum Gasteiger partial charge on any atom is 0.270 e. The molecule has 1 aliphatic heterocycles. The van der Waals surface area contributed by atoms with E-state index in [1.165, 1.54) is 6.92 Å². The van der Waals surface area contributed by atoms with E-state index in [4.69, 9.17) is 11.6 Å². The van der Waals surface area contributed by atoms with E-state index < -0.39 is 44.3 Å². The molecular formula is C26H28ClF2N5O3S. The van der Waals surface area contributed by atoms with Crippen molar-refractivity contribution < 1.29 is 22.0 Å². The van der Waals surface area contributed by atoms with Crippen molar-refractivity contribution in [2.75, 3.05) is 17.7 Å². The van der Waals surface area contributed by atoms with Gasteiger partial charge in [-0.3, -0.25) is 4.79 Å². The van der Waals surface area contributed by atoms with Crippen LogP contribution >= 0.6 is 11.6 Å². The third-order valence-corrected chi connectivity index (χ3v) is 10.4. The summed E-state index contributed by atoms with van der Waals surface area (Å²) >= 11 is 6.11. The van der Waals surface area contributed by atoms with Crippen LogP contribution in [0.15, 0.2) is 36.5 Å². The number of rotatable bonds is 5. The standard InChI is InChI=1S/C26H28ClF2N5O3S/c1-14-8-9-33(19-13-30-21-12-20(27)32-34(21)22(14)19)17-6-4-15(5-7-17)23-25(2,26(23,28)29)24(35)31-16-10-18(11-16)38(3,36)37/h4-7,12-14,16,18,23H,8-11H2,1-3H3,(H,31,35)/t14?,16?,18?,23-,25+/m1/s1. The monoisotopic (exact) mass is 563 g/mol. The Morgan fingerprint density at radius 1 is 1.21 bits per heavy atom. The first-order chi connectivity index (χ1) is 17.8. The van der Waals surface area contributed by atoms with Crippen LogP contribution in [0.3, 0.4) is 0 Å². The molecule has 3 heterocycles. The molecule has 2 aliphatic carbocycles. The Kier molecular flexibility index (Phi) is 5.60. The van der Waals surface area contributed by atoms with Crippen LogP contribution in [0.25, 0.3) is 5.65 Å². The normalized spacial score (nSPS) is 30.0. The molecule has 0 spiro atoms. The van der Waals surface area contributed by atoms with Gasteiger partial charge in [-0.25, -0.2) is 26.7 Å². The summed E-state index contributed by atoms with van der Waals surface area (Å²) in [7, 11) is -3.19. The number of nitrogens with zero attached hydrogens (tertiary/aromatic N) is 4. The number of halogens is 3. The number of alkyl halides is 2. The predicted octanol–water partition coefficient (Wildman–Crippen LogP) is 4.46. The molecule has 12 heteroatoms. The van der Waals surface area contributed by atoms with Crippen LogP contribution in [0, 0.1) is 5.41 Å². The second-order valence-electron chi connectivity index (χ2n) is 11.1. The molecular weight excluding hydrogens is 536 g/mol. The van der Waals surface area contributed by atoms with E-state index in [9.17, 15) is 13.2 Å². The molecule has 2 aromatic heterocycles. The highest BCUT2D eigenvalue weighted by molar-refractivity contribution is 7.91. The summed E-state index contributed by atoms with van der Waals surface area (Å²) in [6.45, 7) is 4.13. The van der Waals surface area contributed by atoms with Gasteiger partial charge in [-0.05, 0) is 43.9 Å². The minimum Gasteiger partial charge on any atom is -0.353 e. The average Bonchev–Trinajstić information content (AvgIpc) is 3.07. The van der Waals surface area contributed by atoms with Crippen LogP contribution in [0.2, 0.25) is 5.15 Å². The summed E-state index contributed by atoms with van der Waals surface area (Å²) in [6.07, 6.45) is 4.32. The van der Waals surface area contributed by atoms with Crippen molar-refractivity contribution in [2.45, 2.75) is 62.2 Å². The van der Waals surface area contributed by atoms with Gasteiger partial charge >= 0.3 is 0 Å². The number of fused-ring (bicyclic) bond motifs is 3. The first-order valence-electron chi connectivity index (χ1n) is 12.6. The minimum atomic E-state index is -3.21. The van der Waals surface area contributed by atoms with Crippen LogP contribution in [-0.2, 0) is 14.6 Å². The lowest BCUT2D eigenvalue weighted by Crippen LogP contribution is -2.51. The third kappa shape index (κ3) is 3.72. The molecule has 0 saturated heterocycles. The van der Waals surface area contributed by atoms with Gasteiger partial charge in [0.2, 0.25) is 5.91 Å². The molecule has 8 nitrogen and oxygen atoms in total. The second-order valence-corrected chi connectivity index (χ2v) is 13.8. The van der Waals surface area contributed by atoms with Gasteiger partial charge in [0.1, 0.15) is 15.3 Å². The Morgan fingerprint density at radius 2 is 1.89 bits per heavy atom. The number of nitrogens with one attached hydrogen (secondary N) is 1. The number of carbonyl (C=O) groups excluding carboxylic acids is 1. The summed E-state index contributed by atoms with van der Waals surface area (Å²) < 4.78 is 55.2. The minimum absolute atomic E-state index is 0.231. The summed E-state index contributed by atoms with van der Waals surface area (Å²) in [5.41, 5.74) is 1.88. The van der Waals surface area contributed by atoms with Gasteiger partial charge in [0.25, 0.3) is 5.92 Å². The Balaban J connectivity index is 1.22. The lowest BCUT2D eigenvalue weighted by molar-refractivity contribution is -0.130. The quantitative estimate of drug-likeness (QED) is 0.492. The third-order valence-electron chi connectivity index (χ3n) is 8.61. The Morgan fingerprint density at radius 3 is 2.55 bits per heavy atom. The van der Waals surface area contributed by atoms with E-state index in [1.54, 1.807) is 41.0 Å². The van der Waals surface area contributed by atoms with Crippen molar-refractivity contribution in [2.24, 2.45) is 5.41 Å². The molecule has 202 valence electrons. The van der Waals surface area contributed by atoms with Gasteiger partial charge < -0.3 is 10.2 Å². The van der Waals surface area contributed by atoms with Crippen molar-refractivity contribution in [3.05, 3.63) is 52.9 Å². The number of amides is 1. The van der Waals surface area contributed by atoms with Gasteiger partial charge in [0.15, 0.2) is 10.8 Å². The van der Waals surface area contributed by atoms with E-state index in [-0.39, 0.29) is 18.8 Å². The fraction of sp³-hybridized carbons (Fsp3) is 0.500. The summed E-state index contributed by atoms with van der Waals surface area (Å²) in [5.74, 6) is -4.97. The average molecular weight is 564 g/mol.